The Kier molecular flexibility index (Phi) is 5.12. The summed E-state index contributed by atoms with van der Waals surface area (Å²) in [6.45, 7) is 4.75. The molecule has 1 nitrogen and oxygen atoms in total. The maximum Gasteiger partial charge on any atom is 0.135 e. The molecule has 0 bridgehead atoms. The first-order valence-corrected chi connectivity index (χ1v) is 16.1. The summed E-state index contributed by atoms with van der Waals surface area (Å²) >= 11 is 0. The number of ether oxygens (including phenoxy) is 1. The predicted molar refractivity (Wildman–Crippen MR) is 193 cm³/mol. The lowest BCUT2D eigenvalue weighted by Crippen LogP contribution is -2.15. The highest BCUT2D eigenvalue weighted by Gasteiger charge is 2.37. The van der Waals surface area contributed by atoms with Gasteiger partial charge in [0.25, 0.3) is 0 Å². The second-order valence-electron chi connectivity index (χ2n) is 13.3. The van der Waals surface area contributed by atoms with Crippen LogP contribution < -0.4 is 4.74 Å². The summed E-state index contributed by atoms with van der Waals surface area (Å²) in [5.74, 6) is 1.84. The lowest BCUT2D eigenvalue weighted by Gasteiger charge is -2.24. The van der Waals surface area contributed by atoms with Crippen molar-refractivity contribution >= 4 is 32.3 Å². The summed E-state index contributed by atoms with van der Waals surface area (Å²) in [5.41, 5.74) is 12.8. The van der Waals surface area contributed by atoms with Gasteiger partial charge in [0, 0.05) is 16.4 Å². The molecule has 1 heterocycles. The van der Waals surface area contributed by atoms with Gasteiger partial charge in [-0.2, -0.15) is 0 Å². The lowest BCUT2D eigenvalue weighted by atomic mass is 9.80. The fourth-order valence-electron chi connectivity index (χ4n) is 8.22. The molecule has 216 valence electrons. The van der Waals surface area contributed by atoms with Gasteiger partial charge in [0.05, 0.1) is 0 Å². The van der Waals surface area contributed by atoms with Crippen LogP contribution in [-0.2, 0) is 5.41 Å². The van der Waals surface area contributed by atoms with Crippen LogP contribution in [0.25, 0.3) is 76.8 Å². The molecule has 0 radical (unpaired) electrons. The van der Waals surface area contributed by atoms with Gasteiger partial charge in [0.15, 0.2) is 0 Å². The zero-order chi connectivity index (χ0) is 30.6. The van der Waals surface area contributed by atoms with Gasteiger partial charge in [-0.25, -0.2) is 0 Å². The second-order valence-corrected chi connectivity index (χ2v) is 13.3. The molecule has 46 heavy (non-hydrogen) atoms. The standard InChI is InChI=1S/C45H30O/c1-45(2)38-16-7-5-13-37(38)44-39(45)26-31-25-29(20-21-33(31)42(44)30-19-18-27-10-3-4-11-28(27)24-30)32-22-23-41-43-35(32)14-9-15-36(43)34-12-6-8-17-40(34)46-41/h3-26H,1-2H3. The maximum atomic E-state index is 6.41. The van der Waals surface area contributed by atoms with E-state index < -0.39 is 0 Å². The van der Waals surface area contributed by atoms with E-state index in [4.69, 9.17) is 4.74 Å². The van der Waals surface area contributed by atoms with Crippen LogP contribution in [0.15, 0.2) is 146 Å². The molecule has 0 unspecified atom stereocenters. The summed E-state index contributed by atoms with van der Waals surface area (Å²) < 4.78 is 6.41. The van der Waals surface area contributed by atoms with Crippen molar-refractivity contribution in [2.75, 3.05) is 0 Å². The van der Waals surface area contributed by atoms with Crippen molar-refractivity contribution in [1.82, 2.24) is 0 Å². The molecule has 8 aromatic rings. The Labute approximate surface area is 268 Å². The first-order valence-electron chi connectivity index (χ1n) is 16.1. The van der Waals surface area contributed by atoms with Gasteiger partial charge in [0.1, 0.15) is 11.5 Å². The van der Waals surface area contributed by atoms with Crippen LogP contribution in [0, 0.1) is 0 Å². The minimum atomic E-state index is -0.104. The molecule has 1 heteroatoms. The number of fused-ring (bicyclic) bond motifs is 7. The second kappa shape index (κ2) is 9.19. The Balaban J connectivity index is 1.25. The molecule has 0 saturated heterocycles. The van der Waals surface area contributed by atoms with E-state index in [1.165, 1.54) is 82.4 Å². The Hall–Kier alpha value is -5.66. The van der Waals surface area contributed by atoms with Gasteiger partial charge in [-0.05, 0) is 107 Å². The number of benzene rings is 8. The molecular formula is C45H30O. The quantitative estimate of drug-likeness (QED) is 0.196. The molecule has 0 N–H and O–H groups in total. The van der Waals surface area contributed by atoms with E-state index in [1.54, 1.807) is 0 Å². The summed E-state index contributed by atoms with van der Waals surface area (Å²) in [6, 6.07) is 53.5. The smallest absolute Gasteiger partial charge is 0.135 e. The molecule has 0 amide bonds. The molecule has 0 aromatic heterocycles. The lowest BCUT2D eigenvalue weighted by molar-refractivity contribution is 0.487. The SMILES string of the molecule is CC1(C)c2ccccc2-c2c1cc1cc(-c3ccc4c5c(cccc35)-c3ccccc3O4)ccc1c2-c1ccc2ccccc2c1. The van der Waals surface area contributed by atoms with Crippen LogP contribution in [0.1, 0.15) is 25.0 Å². The third-order valence-corrected chi connectivity index (χ3v) is 10.4. The monoisotopic (exact) mass is 586 g/mol. The zero-order valence-corrected chi connectivity index (χ0v) is 25.8. The summed E-state index contributed by atoms with van der Waals surface area (Å²) in [7, 11) is 0. The third-order valence-electron chi connectivity index (χ3n) is 10.4. The van der Waals surface area contributed by atoms with E-state index in [1.807, 2.05) is 6.07 Å². The minimum Gasteiger partial charge on any atom is -0.456 e. The van der Waals surface area contributed by atoms with E-state index >= 15 is 0 Å². The summed E-state index contributed by atoms with van der Waals surface area (Å²) in [4.78, 5) is 0. The van der Waals surface area contributed by atoms with E-state index in [0.717, 1.165) is 17.1 Å². The van der Waals surface area contributed by atoms with Crippen LogP contribution in [0.4, 0.5) is 0 Å². The van der Waals surface area contributed by atoms with Crippen molar-refractivity contribution in [2.45, 2.75) is 19.3 Å². The predicted octanol–water partition coefficient (Wildman–Crippen LogP) is 12.6. The highest BCUT2D eigenvalue weighted by molar-refractivity contribution is 6.13. The third kappa shape index (κ3) is 3.46. The fraction of sp³-hybridized carbons (Fsp3) is 0.0667. The van der Waals surface area contributed by atoms with Crippen LogP contribution >= 0.6 is 0 Å². The Morgan fingerprint density at radius 3 is 2.07 bits per heavy atom. The Morgan fingerprint density at radius 1 is 0.413 bits per heavy atom. The van der Waals surface area contributed by atoms with Crippen molar-refractivity contribution < 1.29 is 4.74 Å². The molecule has 2 aliphatic rings. The van der Waals surface area contributed by atoms with Crippen LogP contribution in [0.5, 0.6) is 11.5 Å². The molecule has 1 aliphatic carbocycles. The van der Waals surface area contributed by atoms with Crippen molar-refractivity contribution in [3.8, 4) is 56.0 Å². The highest BCUT2D eigenvalue weighted by Crippen LogP contribution is 2.55. The van der Waals surface area contributed by atoms with Crippen molar-refractivity contribution in [3.63, 3.8) is 0 Å². The number of rotatable bonds is 2. The van der Waals surface area contributed by atoms with Gasteiger partial charge in [-0.15, -0.1) is 0 Å². The molecule has 0 spiro atoms. The van der Waals surface area contributed by atoms with Crippen molar-refractivity contribution in [1.29, 1.82) is 0 Å². The highest BCUT2D eigenvalue weighted by atomic mass is 16.5. The number of hydrogen-bond acceptors (Lipinski definition) is 1. The van der Waals surface area contributed by atoms with Gasteiger partial charge in [-0.3, -0.25) is 0 Å². The van der Waals surface area contributed by atoms with Gasteiger partial charge < -0.3 is 4.74 Å². The van der Waals surface area contributed by atoms with E-state index in [9.17, 15) is 0 Å². The average Bonchev–Trinajstić information content (AvgIpc) is 3.33. The van der Waals surface area contributed by atoms with E-state index in [-0.39, 0.29) is 5.41 Å². The normalized spacial score (nSPS) is 13.8. The minimum absolute atomic E-state index is 0.104. The first kappa shape index (κ1) is 25.6. The average molecular weight is 587 g/mol. The van der Waals surface area contributed by atoms with Gasteiger partial charge in [-0.1, -0.05) is 129 Å². The topological polar surface area (TPSA) is 9.23 Å². The Morgan fingerprint density at radius 2 is 1.15 bits per heavy atom. The summed E-state index contributed by atoms with van der Waals surface area (Å²) in [5, 5.41) is 7.47. The zero-order valence-electron chi connectivity index (χ0n) is 25.8. The molecular weight excluding hydrogens is 556 g/mol. The maximum absolute atomic E-state index is 6.41. The molecule has 10 rings (SSSR count). The summed E-state index contributed by atoms with van der Waals surface area (Å²) in [6.07, 6.45) is 0. The largest absolute Gasteiger partial charge is 0.456 e. The molecule has 0 atom stereocenters. The van der Waals surface area contributed by atoms with Crippen LogP contribution in [0.2, 0.25) is 0 Å². The van der Waals surface area contributed by atoms with Gasteiger partial charge >= 0.3 is 0 Å². The van der Waals surface area contributed by atoms with Crippen LogP contribution in [-0.4, -0.2) is 0 Å². The first-order chi connectivity index (χ1) is 22.6. The van der Waals surface area contributed by atoms with Gasteiger partial charge in [0.2, 0.25) is 0 Å². The number of para-hydroxylation sites is 1. The van der Waals surface area contributed by atoms with Crippen molar-refractivity contribution in [3.05, 3.63) is 157 Å². The van der Waals surface area contributed by atoms with Crippen LogP contribution in [0.3, 0.4) is 0 Å². The molecule has 0 saturated carbocycles. The van der Waals surface area contributed by atoms with Crippen molar-refractivity contribution in [2.24, 2.45) is 0 Å². The number of hydrogen-bond donors (Lipinski definition) is 0. The molecule has 0 fully saturated rings. The molecule has 1 aliphatic heterocycles. The van der Waals surface area contributed by atoms with E-state index in [0.29, 0.717) is 0 Å². The van der Waals surface area contributed by atoms with E-state index in [2.05, 4.69) is 153 Å². The molecule has 8 aromatic carbocycles. The Bertz CT molecular complexity index is 2590. The fourth-order valence-corrected chi connectivity index (χ4v) is 8.22.